The first-order chi connectivity index (χ1) is 10.8. The Balaban J connectivity index is 2.39. The molecule has 0 aromatic heterocycles. The summed E-state index contributed by atoms with van der Waals surface area (Å²) in [6.45, 7) is 0. The zero-order valence-electron chi connectivity index (χ0n) is 12.2. The summed E-state index contributed by atoms with van der Waals surface area (Å²) >= 11 is 5.52. The van der Waals surface area contributed by atoms with Crippen LogP contribution in [0.3, 0.4) is 0 Å². The largest absolute Gasteiger partial charge is 0.573 e. The molecule has 0 bridgehead atoms. The van der Waals surface area contributed by atoms with Gasteiger partial charge in [0.25, 0.3) is 0 Å². The van der Waals surface area contributed by atoms with Crippen LogP contribution in [-0.2, 0) is 10.3 Å². The third kappa shape index (κ3) is 4.29. The van der Waals surface area contributed by atoms with Gasteiger partial charge in [0.1, 0.15) is 11.6 Å². The predicted octanol–water partition coefficient (Wildman–Crippen LogP) is 3.07. The molecule has 23 heavy (non-hydrogen) atoms. The molecule has 1 aromatic carbocycles. The normalized spacial score (nSPS) is 25.0. The van der Waals surface area contributed by atoms with Crippen molar-refractivity contribution in [2.75, 3.05) is 5.88 Å². The molecular weight excluding hydrogens is 335 g/mol. The minimum atomic E-state index is -4.81. The molecule has 2 unspecified atom stereocenters. The van der Waals surface area contributed by atoms with E-state index in [1.165, 1.54) is 18.2 Å². The summed E-state index contributed by atoms with van der Waals surface area (Å²) < 4.78 is 41.1. The first-order valence-corrected chi connectivity index (χ1v) is 7.71. The molecule has 2 rings (SSSR count). The van der Waals surface area contributed by atoms with Gasteiger partial charge in [-0.25, -0.2) is 0 Å². The fraction of sp³-hybridized carbons (Fsp3) is 0.533. The maximum absolute atomic E-state index is 12.4. The summed E-state index contributed by atoms with van der Waals surface area (Å²) in [4.78, 5) is 11.8. The highest BCUT2D eigenvalue weighted by Gasteiger charge is 2.43. The van der Waals surface area contributed by atoms with Gasteiger partial charge in [-0.1, -0.05) is 25.0 Å². The summed E-state index contributed by atoms with van der Waals surface area (Å²) in [6, 6.07) is 5.32. The topological polar surface area (TPSA) is 58.6 Å². The molecule has 0 radical (unpaired) electrons. The lowest BCUT2D eigenvalue weighted by atomic mass is 9.74. The van der Waals surface area contributed by atoms with Crippen LogP contribution < -0.4 is 10.1 Å². The van der Waals surface area contributed by atoms with Gasteiger partial charge in [-0.2, -0.15) is 0 Å². The van der Waals surface area contributed by atoms with Crippen LogP contribution in [0.2, 0.25) is 0 Å². The molecule has 0 spiro atoms. The number of aliphatic hydroxyl groups is 1. The average Bonchev–Trinajstić information content (AvgIpc) is 2.48. The van der Waals surface area contributed by atoms with E-state index in [-0.39, 0.29) is 5.88 Å². The van der Waals surface area contributed by atoms with Crippen molar-refractivity contribution in [1.82, 2.24) is 5.32 Å². The Hall–Kier alpha value is -1.47. The second-order valence-corrected chi connectivity index (χ2v) is 5.76. The Kier molecular flexibility index (Phi) is 5.41. The monoisotopic (exact) mass is 351 g/mol. The van der Waals surface area contributed by atoms with Crippen LogP contribution in [0.25, 0.3) is 0 Å². The van der Waals surface area contributed by atoms with E-state index in [0.717, 1.165) is 12.8 Å². The molecule has 0 saturated heterocycles. The summed E-state index contributed by atoms with van der Waals surface area (Å²) in [7, 11) is 0. The quantitative estimate of drug-likeness (QED) is 0.820. The first kappa shape index (κ1) is 17.9. The van der Waals surface area contributed by atoms with Crippen LogP contribution in [0.4, 0.5) is 13.2 Å². The second kappa shape index (κ2) is 6.97. The van der Waals surface area contributed by atoms with Crippen LogP contribution in [0, 0.1) is 0 Å². The molecule has 1 fully saturated rings. The third-order valence-electron chi connectivity index (χ3n) is 3.93. The van der Waals surface area contributed by atoms with Crippen molar-refractivity contribution >= 4 is 17.5 Å². The Labute approximate surface area is 136 Å². The summed E-state index contributed by atoms with van der Waals surface area (Å²) in [5, 5.41) is 13.1. The summed E-state index contributed by atoms with van der Waals surface area (Å²) in [5.41, 5.74) is -0.792. The second-order valence-electron chi connectivity index (χ2n) is 5.49. The minimum Gasteiger partial charge on any atom is -0.406 e. The molecule has 1 aliphatic carbocycles. The van der Waals surface area contributed by atoms with Crippen LogP contribution in [0.15, 0.2) is 24.3 Å². The summed E-state index contributed by atoms with van der Waals surface area (Å²) in [5.74, 6) is -1.19. The van der Waals surface area contributed by atoms with Gasteiger partial charge in [0.05, 0.1) is 11.6 Å². The van der Waals surface area contributed by atoms with Gasteiger partial charge >= 0.3 is 6.36 Å². The number of hydrogen-bond acceptors (Lipinski definition) is 3. The van der Waals surface area contributed by atoms with Crippen LogP contribution in [0.1, 0.15) is 31.2 Å². The Morgan fingerprint density at radius 1 is 1.43 bits per heavy atom. The molecule has 8 heteroatoms. The fourth-order valence-corrected chi connectivity index (χ4v) is 3.03. The van der Waals surface area contributed by atoms with Gasteiger partial charge in [-0.05, 0) is 30.5 Å². The molecule has 2 N–H and O–H groups in total. The lowest BCUT2D eigenvalue weighted by Crippen LogP contribution is -2.55. The highest BCUT2D eigenvalue weighted by atomic mass is 35.5. The van der Waals surface area contributed by atoms with Gasteiger partial charge in [0.15, 0.2) is 0 Å². The molecule has 1 amide bonds. The van der Waals surface area contributed by atoms with Gasteiger partial charge in [-0.15, -0.1) is 24.8 Å². The number of aliphatic hydroxyl groups excluding tert-OH is 1. The first-order valence-electron chi connectivity index (χ1n) is 7.18. The molecule has 1 aromatic rings. The standard InChI is InChI=1S/C15H17ClF3NO3/c16-9-13(22)20-14(7-2-1-6-12(14)21)10-4-3-5-11(8-10)23-15(17,18)19/h3-5,8,12,21H,1-2,6-7,9H2,(H,20,22). The van der Waals surface area contributed by atoms with Gasteiger partial charge in [0.2, 0.25) is 5.91 Å². The van der Waals surface area contributed by atoms with Crippen molar-refractivity contribution in [3.05, 3.63) is 29.8 Å². The predicted molar refractivity (Wildman–Crippen MR) is 78.1 cm³/mol. The number of carbonyl (C=O) groups excluding carboxylic acids is 1. The maximum Gasteiger partial charge on any atom is 0.573 e. The number of hydrogen-bond donors (Lipinski definition) is 2. The fourth-order valence-electron chi connectivity index (χ4n) is 2.96. The van der Waals surface area contributed by atoms with Gasteiger partial charge in [-0.3, -0.25) is 4.79 Å². The minimum absolute atomic E-state index is 0.298. The number of rotatable bonds is 4. The van der Waals surface area contributed by atoms with E-state index in [4.69, 9.17) is 11.6 Å². The average molecular weight is 352 g/mol. The Morgan fingerprint density at radius 2 is 2.17 bits per heavy atom. The lowest BCUT2D eigenvalue weighted by molar-refractivity contribution is -0.274. The molecule has 4 nitrogen and oxygen atoms in total. The zero-order chi connectivity index (χ0) is 17.1. The van der Waals surface area contributed by atoms with Crippen molar-refractivity contribution in [1.29, 1.82) is 0 Å². The van der Waals surface area contributed by atoms with E-state index in [1.807, 2.05) is 0 Å². The molecule has 0 heterocycles. The zero-order valence-corrected chi connectivity index (χ0v) is 13.0. The van der Waals surface area contributed by atoms with Crippen molar-refractivity contribution in [2.45, 2.75) is 43.7 Å². The lowest BCUT2D eigenvalue weighted by Gasteiger charge is -2.42. The number of alkyl halides is 4. The Bertz CT molecular complexity index is 567. The number of benzene rings is 1. The van der Waals surface area contributed by atoms with Crippen LogP contribution in [-0.4, -0.2) is 29.4 Å². The number of carbonyl (C=O) groups is 1. The van der Waals surface area contributed by atoms with Crippen LogP contribution in [0.5, 0.6) is 5.75 Å². The Morgan fingerprint density at radius 3 is 2.78 bits per heavy atom. The molecule has 0 aliphatic heterocycles. The van der Waals surface area contributed by atoms with E-state index in [0.29, 0.717) is 18.4 Å². The van der Waals surface area contributed by atoms with Gasteiger partial charge in [0, 0.05) is 0 Å². The number of halogens is 4. The summed E-state index contributed by atoms with van der Waals surface area (Å²) in [6.07, 6.45) is -3.37. The number of nitrogens with one attached hydrogen (secondary N) is 1. The van der Waals surface area contributed by atoms with Crippen molar-refractivity contribution < 1.29 is 27.8 Å². The van der Waals surface area contributed by atoms with E-state index in [2.05, 4.69) is 10.1 Å². The maximum atomic E-state index is 12.4. The van der Waals surface area contributed by atoms with Gasteiger partial charge < -0.3 is 15.2 Å². The molecule has 1 saturated carbocycles. The highest BCUT2D eigenvalue weighted by Crippen LogP contribution is 2.39. The molecule has 1 aliphatic rings. The van der Waals surface area contributed by atoms with E-state index < -0.39 is 29.7 Å². The van der Waals surface area contributed by atoms with E-state index >= 15 is 0 Å². The number of amides is 1. The molecule has 2 atom stereocenters. The highest BCUT2D eigenvalue weighted by molar-refractivity contribution is 6.27. The van der Waals surface area contributed by atoms with Crippen molar-refractivity contribution in [3.8, 4) is 5.75 Å². The van der Waals surface area contributed by atoms with E-state index in [9.17, 15) is 23.1 Å². The van der Waals surface area contributed by atoms with E-state index in [1.54, 1.807) is 6.07 Å². The third-order valence-corrected chi connectivity index (χ3v) is 4.18. The van der Waals surface area contributed by atoms with Crippen molar-refractivity contribution in [2.24, 2.45) is 0 Å². The van der Waals surface area contributed by atoms with Crippen LogP contribution >= 0.6 is 11.6 Å². The molecule has 128 valence electrons. The molecular formula is C15H17ClF3NO3. The van der Waals surface area contributed by atoms with Crippen molar-refractivity contribution in [3.63, 3.8) is 0 Å². The number of ether oxygens (including phenoxy) is 1. The smallest absolute Gasteiger partial charge is 0.406 e. The SMILES string of the molecule is O=C(CCl)NC1(c2cccc(OC(F)(F)F)c2)CCCCC1O.